The first kappa shape index (κ1) is 22.1. The van der Waals surface area contributed by atoms with Gasteiger partial charge in [0.2, 0.25) is 0 Å². The maximum absolute atomic E-state index is 7.50. The van der Waals surface area contributed by atoms with Gasteiger partial charge in [-0.15, -0.1) is 0 Å². The summed E-state index contributed by atoms with van der Waals surface area (Å²) in [6, 6.07) is 10.4. The molecule has 0 aromatic heterocycles. The SMILES string of the molecule is [C-]#[O+].[C-]#[O+].[C-]#[O+].[Cr].c1ccc(C2CCCO2)cc1. The minimum absolute atomic E-state index is 0. The fourth-order valence-electron chi connectivity index (χ4n) is 1.51. The third-order valence-electron chi connectivity index (χ3n) is 2.10. The number of benzene rings is 1. The first-order valence-corrected chi connectivity index (χ1v) is 4.74. The van der Waals surface area contributed by atoms with Gasteiger partial charge in [-0.2, -0.15) is 0 Å². The van der Waals surface area contributed by atoms with Gasteiger partial charge in [0.1, 0.15) is 0 Å². The normalized spacial score (nSPS) is 14.9. The summed E-state index contributed by atoms with van der Waals surface area (Å²) < 4.78 is 28.0. The molecule has 1 aromatic carbocycles. The van der Waals surface area contributed by atoms with Gasteiger partial charge in [0, 0.05) is 24.0 Å². The molecular formula is C13H12CrO4. The van der Waals surface area contributed by atoms with Crippen LogP contribution in [0.2, 0.25) is 0 Å². The second kappa shape index (κ2) is 18.3. The molecule has 0 radical (unpaired) electrons. The molecule has 1 atom stereocenters. The van der Waals surface area contributed by atoms with E-state index in [2.05, 4.69) is 44.2 Å². The van der Waals surface area contributed by atoms with Crippen molar-refractivity contribution in [3.8, 4) is 0 Å². The third-order valence-corrected chi connectivity index (χ3v) is 2.10. The Bertz CT molecular complexity index is 312. The zero-order valence-electron chi connectivity index (χ0n) is 9.63. The largest absolute Gasteiger partial charge is 0.374 e. The van der Waals surface area contributed by atoms with Gasteiger partial charge < -0.3 is 4.74 Å². The predicted molar refractivity (Wildman–Crippen MR) is 56.2 cm³/mol. The summed E-state index contributed by atoms with van der Waals surface area (Å²) >= 11 is 0. The topological polar surface area (TPSA) is 68.9 Å². The summed E-state index contributed by atoms with van der Waals surface area (Å²) in [4.78, 5) is 0. The van der Waals surface area contributed by atoms with E-state index in [-0.39, 0.29) is 17.4 Å². The Hall–Kier alpha value is -1.07. The summed E-state index contributed by atoms with van der Waals surface area (Å²) in [7, 11) is 0. The van der Waals surface area contributed by atoms with Gasteiger partial charge in [-0.25, -0.2) is 0 Å². The van der Waals surface area contributed by atoms with Crippen molar-refractivity contribution in [3.05, 3.63) is 55.8 Å². The molecule has 18 heavy (non-hydrogen) atoms. The second-order valence-electron chi connectivity index (χ2n) is 2.91. The molecule has 2 rings (SSSR count). The van der Waals surface area contributed by atoms with Crippen LogP contribution in [-0.2, 0) is 36.1 Å². The van der Waals surface area contributed by atoms with E-state index in [4.69, 9.17) is 18.7 Å². The van der Waals surface area contributed by atoms with Gasteiger partial charge in [0.05, 0.1) is 6.10 Å². The van der Waals surface area contributed by atoms with Crippen LogP contribution >= 0.6 is 0 Å². The van der Waals surface area contributed by atoms with E-state index in [1.807, 2.05) is 6.07 Å². The minimum Gasteiger partial charge on any atom is -0.374 e. The molecule has 0 spiro atoms. The summed E-state index contributed by atoms with van der Waals surface area (Å²) in [5, 5.41) is 0. The summed E-state index contributed by atoms with van der Waals surface area (Å²) in [6.45, 7) is 14.4. The first-order valence-electron chi connectivity index (χ1n) is 4.74. The van der Waals surface area contributed by atoms with Crippen molar-refractivity contribution in [2.45, 2.75) is 18.9 Å². The van der Waals surface area contributed by atoms with E-state index >= 15 is 0 Å². The molecule has 1 unspecified atom stereocenters. The second-order valence-corrected chi connectivity index (χ2v) is 2.91. The molecule has 1 heterocycles. The van der Waals surface area contributed by atoms with Crippen molar-refractivity contribution in [1.29, 1.82) is 0 Å². The Kier molecular flexibility index (Phi) is 22.5. The van der Waals surface area contributed by atoms with E-state index in [0.717, 1.165) is 6.61 Å². The van der Waals surface area contributed by atoms with Crippen LogP contribution in [0.5, 0.6) is 0 Å². The summed E-state index contributed by atoms with van der Waals surface area (Å²) in [5.41, 5.74) is 1.32. The molecule has 0 amide bonds. The van der Waals surface area contributed by atoms with E-state index in [9.17, 15) is 0 Å². The van der Waals surface area contributed by atoms with Crippen molar-refractivity contribution >= 4 is 0 Å². The van der Waals surface area contributed by atoms with E-state index in [0.29, 0.717) is 6.10 Å². The Morgan fingerprint density at radius 2 is 1.44 bits per heavy atom. The maximum atomic E-state index is 7.50. The molecular weight excluding hydrogens is 272 g/mol. The average molecular weight is 284 g/mol. The Morgan fingerprint density at radius 1 is 0.944 bits per heavy atom. The van der Waals surface area contributed by atoms with E-state index in [1.54, 1.807) is 0 Å². The molecule has 0 N–H and O–H groups in total. The van der Waals surface area contributed by atoms with Crippen molar-refractivity contribution < 1.29 is 36.1 Å². The number of hydrogen-bond acceptors (Lipinski definition) is 1. The van der Waals surface area contributed by atoms with Crippen LogP contribution < -0.4 is 0 Å². The molecule has 1 aliphatic rings. The Balaban J connectivity index is -0.000000285. The molecule has 1 fully saturated rings. The van der Waals surface area contributed by atoms with Crippen LogP contribution in [0.3, 0.4) is 0 Å². The van der Waals surface area contributed by atoms with Crippen molar-refractivity contribution in [1.82, 2.24) is 0 Å². The molecule has 0 saturated carbocycles. The maximum Gasteiger partial charge on any atom is 0.0825 e. The van der Waals surface area contributed by atoms with Crippen LogP contribution in [0.25, 0.3) is 0 Å². The van der Waals surface area contributed by atoms with Crippen LogP contribution in [0.1, 0.15) is 24.5 Å². The van der Waals surface area contributed by atoms with Crippen LogP contribution in [-0.4, -0.2) is 6.61 Å². The smallest absolute Gasteiger partial charge is 0.0825 e. The summed E-state index contributed by atoms with van der Waals surface area (Å²) in [6.07, 6.45) is 2.76. The summed E-state index contributed by atoms with van der Waals surface area (Å²) in [5.74, 6) is 0. The monoisotopic (exact) mass is 284 g/mol. The van der Waals surface area contributed by atoms with Gasteiger partial charge in [-0.05, 0) is 18.4 Å². The number of hydrogen-bond donors (Lipinski definition) is 0. The van der Waals surface area contributed by atoms with Crippen molar-refractivity contribution in [2.24, 2.45) is 0 Å². The third kappa shape index (κ3) is 9.01. The van der Waals surface area contributed by atoms with Crippen molar-refractivity contribution in [3.63, 3.8) is 0 Å². The van der Waals surface area contributed by atoms with Gasteiger partial charge in [-0.3, -0.25) is 0 Å². The minimum atomic E-state index is 0. The molecule has 5 heteroatoms. The molecule has 0 bridgehead atoms. The molecule has 0 aliphatic carbocycles. The van der Waals surface area contributed by atoms with Gasteiger partial charge in [0.25, 0.3) is 0 Å². The Morgan fingerprint density at radius 3 is 1.83 bits per heavy atom. The predicted octanol–water partition coefficient (Wildman–Crippen LogP) is 2.42. The van der Waals surface area contributed by atoms with Crippen molar-refractivity contribution in [2.75, 3.05) is 6.61 Å². The quantitative estimate of drug-likeness (QED) is 0.576. The average Bonchev–Trinajstić information content (AvgIpc) is 3.01. The van der Waals surface area contributed by atoms with E-state index in [1.165, 1.54) is 18.4 Å². The molecule has 1 aromatic rings. The van der Waals surface area contributed by atoms with Gasteiger partial charge in [0.15, 0.2) is 0 Å². The zero-order valence-corrected chi connectivity index (χ0v) is 10.9. The first-order chi connectivity index (χ1) is 8.47. The Labute approximate surface area is 118 Å². The van der Waals surface area contributed by atoms with Gasteiger partial charge >= 0.3 is 33.9 Å². The molecule has 4 nitrogen and oxygen atoms in total. The number of rotatable bonds is 1. The zero-order chi connectivity index (χ0) is 13.5. The van der Waals surface area contributed by atoms with Gasteiger partial charge in [-0.1, -0.05) is 30.3 Å². The fraction of sp³-hybridized carbons (Fsp3) is 0.308. The molecule has 1 saturated heterocycles. The van der Waals surface area contributed by atoms with Crippen LogP contribution in [0, 0.1) is 20.0 Å². The van der Waals surface area contributed by atoms with Crippen LogP contribution in [0.4, 0.5) is 0 Å². The van der Waals surface area contributed by atoms with Crippen LogP contribution in [0.15, 0.2) is 30.3 Å². The van der Waals surface area contributed by atoms with E-state index < -0.39 is 0 Å². The fourth-order valence-corrected chi connectivity index (χ4v) is 1.51. The molecule has 1 aliphatic heterocycles. The molecule has 94 valence electrons. The number of ether oxygens (including phenoxy) is 1. The standard InChI is InChI=1S/C10H12O.3CO.Cr/c1-2-5-9(6-3-1)10-7-4-8-11-10;3*1-2;/h1-3,5-6,10H,4,7-8H2;;;;.